The Morgan fingerprint density at radius 1 is 1.47 bits per heavy atom. The van der Waals surface area contributed by atoms with Crippen molar-refractivity contribution in [2.75, 3.05) is 5.32 Å². The largest absolute Gasteiger partial charge is 0.357 e. The first-order valence-corrected chi connectivity index (χ1v) is 5.59. The molecule has 78 valence electrons. The van der Waals surface area contributed by atoms with Gasteiger partial charge in [0.2, 0.25) is 0 Å². The predicted molar refractivity (Wildman–Crippen MR) is 60.9 cm³/mol. The maximum atomic E-state index is 12.8. The summed E-state index contributed by atoms with van der Waals surface area (Å²) in [7, 11) is 0. The molecule has 0 saturated carbocycles. The fraction of sp³-hybridized carbons (Fsp3) is 0.100. The van der Waals surface area contributed by atoms with Gasteiger partial charge in [-0.05, 0) is 17.7 Å². The SMILES string of the molecule is Fc1cccc(CNc2nc(Cl)cs2)c1. The smallest absolute Gasteiger partial charge is 0.184 e. The van der Waals surface area contributed by atoms with Crippen LogP contribution in [0.4, 0.5) is 9.52 Å². The van der Waals surface area contributed by atoms with Crippen LogP contribution in [0.1, 0.15) is 5.56 Å². The van der Waals surface area contributed by atoms with Gasteiger partial charge in [0.1, 0.15) is 11.0 Å². The number of hydrogen-bond donors (Lipinski definition) is 1. The molecule has 1 heterocycles. The van der Waals surface area contributed by atoms with Crippen molar-refractivity contribution >= 4 is 28.1 Å². The number of hydrogen-bond acceptors (Lipinski definition) is 3. The van der Waals surface area contributed by atoms with E-state index >= 15 is 0 Å². The quantitative estimate of drug-likeness (QED) is 0.891. The van der Waals surface area contributed by atoms with Crippen molar-refractivity contribution in [2.45, 2.75) is 6.54 Å². The van der Waals surface area contributed by atoms with Crippen LogP contribution < -0.4 is 5.32 Å². The van der Waals surface area contributed by atoms with Crippen molar-refractivity contribution in [2.24, 2.45) is 0 Å². The van der Waals surface area contributed by atoms with Crippen LogP contribution in [0.25, 0.3) is 0 Å². The maximum Gasteiger partial charge on any atom is 0.184 e. The molecule has 0 aliphatic carbocycles. The van der Waals surface area contributed by atoms with Gasteiger partial charge in [-0.2, -0.15) is 0 Å². The van der Waals surface area contributed by atoms with E-state index in [9.17, 15) is 4.39 Å². The van der Waals surface area contributed by atoms with Gasteiger partial charge in [-0.3, -0.25) is 0 Å². The lowest BCUT2D eigenvalue weighted by atomic mass is 10.2. The van der Waals surface area contributed by atoms with E-state index in [1.54, 1.807) is 11.4 Å². The van der Waals surface area contributed by atoms with Gasteiger partial charge in [-0.15, -0.1) is 11.3 Å². The molecule has 1 aromatic heterocycles. The molecule has 0 aliphatic heterocycles. The third-order valence-electron chi connectivity index (χ3n) is 1.81. The van der Waals surface area contributed by atoms with Crippen LogP contribution in [0.5, 0.6) is 0 Å². The van der Waals surface area contributed by atoms with E-state index in [4.69, 9.17) is 11.6 Å². The van der Waals surface area contributed by atoms with Crippen LogP contribution in [-0.2, 0) is 6.54 Å². The molecule has 1 aromatic carbocycles. The number of nitrogens with one attached hydrogen (secondary N) is 1. The second kappa shape index (κ2) is 4.59. The average Bonchev–Trinajstić information content (AvgIpc) is 2.62. The van der Waals surface area contributed by atoms with Crippen molar-refractivity contribution in [1.29, 1.82) is 0 Å². The van der Waals surface area contributed by atoms with Crippen molar-refractivity contribution < 1.29 is 4.39 Å². The summed E-state index contributed by atoms with van der Waals surface area (Å²) < 4.78 is 12.8. The van der Waals surface area contributed by atoms with Crippen molar-refractivity contribution in [1.82, 2.24) is 4.98 Å². The molecule has 0 saturated heterocycles. The minimum absolute atomic E-state index is 0.230. The molecule has 15 heavy (non-hydrogen) atoms. The van der Waals surface area contributed by atoms with Crippen LogP contribution in [0.2, 0.25) is 5.15 Å². The molecule has 2 rings (SSSR count). The summed E-state index contributed by atoms with van der Waals surface area (Å²) >= 11 is 7.09. The molecule has 1 N–H and O–H groups in total. The first-order chi connectivity index (χ1) is 7.24. The fourth-order valence-electron chi connectivity index (χ4n) is 1.16. The summed E-state index contributed by atoms with van der Waals surface area (Å²) in [6, 6.07) is 6.44. The number of halogens is 2. The van der Waals surface area contributed by atoms with Gasteiger partial charge < -0.3 is 5.32 Å². The number of anilines is 1. The van der Waals surface area contributed by atoms with Gasteiger partial charge in [-0.1, -0.05) is 23.7 Å². The summed E-state index contributed by atoms with van der Waals surface area (Å²) in [6.45, 7) is 0.543. The Kier molecular flexibility index (Phi) is 3.18. The molecule has 0 bridgehead atoms. The minimum Gasteiger partial charge on any atom is -0.357 e. The lowest BCUT2D eigenvalue weighted by Crippen LogP contribution is -1.98. The standard InChI is InChI=1S/C10H8ClFN2S/c11-9-6-15-10(14-9)13-5-7-2-1-3-8(12)4-7/h1-4,6H,5H2,(H,13,14). The first-order valence-electron chi connectivity index (χ1n) is 4.33. The highest BCUT2D eigenvalue weighted by Gasteiger charge is 1.99. The summed E-state index contributed by atoms with van der Waals surface area (Å²) in [4.78, 5) is 4.03. The van der Waals surface area contributed by atoms with Crippen LogP contribution in [0, 0.1) is 5.82 Å². The molecular formula is C10H8ClFN2S. The monoisotopic (exact) mass is 242 g/mol. The Hall–Kier alpha value is -1.13. The van der Waals surface area contributed by atoms with Crippen molar-refractivity contribution in [3.8, 4) is 0 Å². The lowest BCUT2D eigenvalue weighted by Gasteiger charge is -2.02. The summed E-state index contributed by atoms with van der Waals surface area (Å²) in [5, 5.41) is 6.02. The highest BCUT2D eigenvalue weighted by molar-refractivity contribution is 7.14. The van der Waals surface area contributed by atoms with Crippen molar-refractivity contribution in [3.05, 3.63) is 46.2 Å². The van der Waals surface area contributed by atoms with E-state index in [-0.39, 0.29) is 5.82 Å². The molecule has 0 radical (unpaired) electrons. The van der Waals surface area contributed by atoms with Crippen molar-refractivity contribution in [3.63, 3.8) is 0 Å². The molecule has 2 nitrogen and oxygen atoms in total. The number of benzene rings is 1. The number of rotatable bonds is 3. The summed E-state index contributed by atoms with van der Waals surface area (Å²) in [5.41, 5.74) is 0.876. The molecule has 0 atom stereocenters. The molecular weight excluding hydrogens is 235 g/mol. The molecule has 0 unspecified atom stereocenters. The van der Waals surface area contributed by atoms with E-state index in [1.807, 2.05) is 6.07 Å². The summed E-state index contributed by atoms with van der Waals surface area (Å²) in [6.07, 6.45) is 0. The van der Waals surface area contributed by atoms with Gasteiger partial charge in [0, 0.05) is 11.9 Å². The third kappa shape index (κ3) is 2.91. The Balaban J connectivity index is 1.99. The average molecular weight is 243 g/mol. The molecule has 5 heteroatoms. The highest BCUT2D eigenvalue weighted by Crippen LogP contribution is 2.19. The zero-order valence-corrected chi connectivity index (χ0v) is 9.28. The minimum atomic E-state index is -0.230. The summed E-state index contributed by atoms with van der Waals surface area (Å²) in [5.74, 6) is -0.230. The van der Waals surface area contributed by atoms with Crippen LogP contribution >= 0.6 is 22.9 Å². The Morgan fingerprint density at radius 3 is 3.00 bits per heavy atom. The topological polar surface area (TPSA) is 24.9 Å². The second-order valence-electron chi connectivity index (χ2n) is 2.96. The second-order valence-corrected chi connectivity index (χ2v) is 4.20. The van der Waals surface area contributed by atoms with Gasteiger partial charge in [0.15, 0.2) is 5.13 Å². The molecule has 0 spiro atoms. The lowest BCUT2D eigenvalue weighted by molar-refractivity contribution is 0.626. The van der Waals surface area contributed by atoms with E-state index in [0.717, 1.165) is 10.7 Å². The van der Waals surface area contributed by atoms with Gasteiger partial charge in [-0.25, -0.2) is 9.37 Å². The maximum absolute atomic E-state index is 12.8. The normalized spacial score (nSPS) is 10.3. The first kappa shape index (κ1) is 10.4. The van der Waals surface area contributed by atoms with E-state index in [2.05, 4.69) is 10.3 Å². The molecule has 0 aliphatic rings. The van der Waals surface area contributed by atoms with Gasteiger partial charge in [0.25, 0.3) is 0 Å². The highest BCUT2D eigenvalue weighted by atomic mass is 35.5. The number of aromatic nitrogens is 1. The van der Waals surface area contributed by atoms with E-state index in [0.29, 0.717) is 11.7 Å². The van der Waals surface area contributed by atoms with E-state index < -0.39 is 0 Å². The number of thiazole rings is 1. The van der Waals surface area contributed by atoms with Gasteiger partial charge >= 0.3 is 0 Å². The Labute approximate surface area is 95.7 Å². The fourth-order valence-corrected chi connectivity index (χ4v) is 2.00. The molecule has 2 aromatic rings. The molecule has 0 amide bonds. The zero-order valence-electron chi connectivity index (χ0n) is 7.71. The Morgan fingerprint density at radius 2 is 2.33 bits per heavy atom. The molecule has 0 fully saturated rings. The van der Waals surface area contributed by atoms with Gasteiger partial charge in [0.05, 0.1) is 0 Å². The van der Waals surface area contributed by atoms with Crippen LogP contribution in [0.15, 0.2) is 29.6 Å². The van der Waals surface area contributed by atoms with Crippen LogP contribution in [-0.4, -0.2) is 4.98 Å². The van der Waals surface area contributed by atoms with Crippen LogP contribution in [0.3, 0.4) is 0 Å². The Bertz CT molecular complexity index is 458. The zero-order chi connectivity index (χ0) is 10.7. The third-order valence-corrected chi connectivity index (χ3v) is 2.93. The number of nitrogens with zero attached hydrogens (tertiary/aromatic N) is 1. The predicted octanol–water partition coefficient (Wildman–Crippen LogP) is 3.55. The van der Waals surface area contributed by atoms with E-state index in [1.165, 1.54) is 23.5 Å².